The van der Waals surface area contributed by atoms with E-state index in [9.17, 15) is 0 Å². The summed E-state index contributed by atoms with van der Waals surface area (Å²) < 4.78 is 6.88. The van der Waals surface area contributed by atoms with Crippen molar-refractivity contribution < 1.29 is 4.74 Å². The van der Waals surface area contributed by atoms with E-state index in [1.54, 1.807) is 11.6 Å². The minimum Gasteiger partial charge on any atom is -0.497 e. The van der Waals surface area contributed by atoms with E-state index < -0.39 is 0 Å². The molecule has 0 spiro atoms. The molecule has 0 atom stereocenters. The Kier molecular flexibility index (Phi) is 2.26. The first-order valence-corrected chi connectivity index (χ1v) is 5.33. The van der Waals surface area contributed by atoms with Crippen LogP contribution in [0.1, 0.15) is 0 Å². The van der Waals surface area contributed by atoms with E-state index in [0.717, 1.165) is 22.8 Å². The molecule has 0 saturated heterocycles. The van der Waals surface area contributed by atoms with E-state index in [4.69, 9.17) is 4.74 Å². The summed E-state index contributed by atoms with van der Waals surface area (Å²) in [5.74, 6) is 1.55. The Balaban J connectivity index is 2.07. The lowest BCUT2D eigenvalue weighted by Crippen LogP contribution is -1.86. The number of ether oxygens (including phenoxy) is 1. The summed E-state index contributed by atoms with van der Waals surface area (Å²) in [5.41, 5.74) is 1.83. The molecule has 0 aliphatic carbocycles. The highest BCUT2D eigenvalue weighted by atomic mass is 16.5. The number of fused-ring (bicyclic) bond motifs is 1. The van der Waals surface area contributed by atoms with Crippen LogP contribution in [0.4, 0.5) is 0 Å². The molecule has 0 fully saturated rings. The van der Waals surface area contributed by atoms with Crippen molar-refractivity contribution in [2.24, 2.45) is 0 Å². The molecule has 0 radical (unpaired) electrons. The van der Waals surface area contributed by atoms with Crippen molar-refractivity contribution in [2.75, 3.05) is 7.11 Å². The Morgan fingerprint density at radius 2 is 1.88 bits per heavy atom. The van der Waals surface area contributed by atoms with Gasteiger partial charge in [0.2, 0.25) is 0 Å². The predicted octanol–water partition coefficient (Wildman–Crippen LogP) is 2.40. The van der Waals surface area contributed by atoms with Crippen molar-refractivity contribution in [2.45, 2.75) is 0 Å². The van der Waals surface area contributed by atoms with Gasteiger partial charge in [0.15, 0.2) is 11.5 Å². The third-order valence-corrected chi connectivity index (χ3v) is 2.59. The number of nitrogens with zero attached hydrogens (tertiary/aromatic N) is 3. The highest BCUT2D eigenvalue weighted by Gasteiger charge is 2.05. The lowest BCUT2D eigenvalue weighted by atomic mass is 10.2. The van der Waals surface area contributed by atoms with E-state index in [0.29, 0.717) is 0 Å². The molecule has 0 N–H and O–H groups in total. The molecule has 0 aliphatic heterocycles. The molecule has 4 heteroatoms. The zero-order valence-corrected chi connectivity index (χ0v) is 9.37. The van der Waals surface area contributed by atoms with E-state index in [-0.39, 0.29) is 0 Å². The molecular formula is C13H11N3O. The van der Waals surface area contributed by atoms with Crippen molar-refractivity contribution in [3.05, 3.63) is 48.7 Å². The molecule has 1 aromatic carbocycles. The second-order valence-electron chi connectivity index (χ2n) is 3.67. The van der Waals surface area contributed by atoms with Gasteiger partial charge in [-0.15, -0.1) is 5.10 Å². The second-order valence-corrected chi connectivity index (χ2v) is 3.67. The van der Waals surface area contributed by atoms with Gasteiger partial charge in [0.05, 0.1) is 7.11 Å². The lowest BCUT2D eigenvalue weighted by Gasteiger charge is -1.99. The van der Waals surface area contributed by atoms with Gasteiger partial charge in [-0.2, -0.15) is 0 Å². The van der Waals surface area contributed by atoms with Gasteiger partial charge in [-0.1, -0.05) is 6.07 Å². The van der Waals surface area contributed by atoms with Gasteiger partial charge in [-0.3, -0.25) is 0 Å². The first kappa shape index (κ1) is 9.84. The fourth-order valence-corrected chi connectivity index (χ4v) is 1.69. The number of hydrogen-bond acceptors (Lipinski definition) is 3. The Morgan fingerprint density at radius 1 is 1.06 bits per heavy atom. The maximum absolute atomic E-state index is 5.12. The molecule has 17 heavy (non-hydrogen) atoms. The molecule has 84 valence electrons. The Morgan fingerprint density at radius 3 is 2.59 bits per heavy atom. The Labute approximate surface area is 98.5 Å². The normalized spacial score (nSPS) is 10.6. The average Bonchev–Trinajstić information content (AvgIpc) is 2.82. The van der Waals surface area contributed by atoms with Crippen LogP contribution in [0.15, 0.2) is 48.7 Å². The summed E-state index contributed by atoms with van der Waals surface area (Å²) in [6, 6.07) is 13.5. The molecule has 2 heterocycles. The summed E-state index contributed by atoms with van der Waals surface area (Å²) in [6.45, 7) is 0. The molecular weight excluding hydrogens is 214 g/mol. The Hall–Kier alpha value is -2.36. The maximum Gasteiger partial charge on any atom is 0.182 e. The third kappa shape index (κ3) is 1.73. The van der Waals surface area contributed by atoms with Gasteiger partial charge < -0.3 is 4.74 Å². The molecule has 0 bridgehead atoms. The van der Waals surface area contributed by atoms with Gasteiger partial charge in [-0.25, -0.2) is 9.50 Å². The third-order valence-electron chi connectivity index (χ3n) is 2.59. The topological polar surface area (TPSA) is 39.4 Å². The van der Waals surface area contributed by atoms with Crippen LogP contribution >= 0.6 is 0 Å². The first-order chi connectivity index (χ1) is 8.36. The maximum atomic E-state index is 5.12. The van der Waals surface area contributed by atoms with E-state index in [2.05, 4.69) is 10.1 Å². The quantitative estimate of drug-likeness (QED) is 0.672. The summed E-state index contributed by atoms with van der Waals surface area (Å²) in [6.07, 6.45) is 1.88. The number of pyridine rings is 1. The largest absolute Gasteiger partial charge is 0.497 e. The van der Waals surface area contributed by atoms with Crippen molar-refractivity contribution in [1.29, 1.82) is 0 Å². The fraction of sp³-hybridized carbons (Fsp3) is 0.0769. The van der Waals surface area contributed by atoms with E-state index in [1.165, 1.54) is 0 Å². The van der Waals surface area contributed by atoms with Crippen LogP contribution < -0.4 is 4.74 Å². The van der Waals surface area contributed by atoms with Crippen LogP contribution in [0.5, 0.6) is 5.75 Å². The molecule has 0 unspecified atom stereocenters. The van der Waals surface area contributed by atoms with Crippen LogP contribution in [-0.2, 0) is 0 Å². The van der Waals surface area contributed by atoms with Gasteiger partial charge in [0.1, 0.15) is 5.75 Å². The summed E-state index contributed by atoms with van der Waals surface area (Å²) in [7, 11) is 1.65. The Bertz CT molecular complexity index is 610. The van der Waals surface area contributed by atoms with Crippen LogP contribution in [0, 0.1) is 0 Å². The van der Waals surface area contributed by atoms with Crippen LogP contribution in [0.25, 0.3) is 17.0 Å². The number of benzene rings is 1. The van der Waals surface area contributed by atoms with E-state index in [1.807, 2.05) is 48.7 Å². The van der Waals surface area contributed by atoms with Crippen molar-refractivity contribution in [1.82, 2.24) is 14.6 Å². The molecule has 0 amide bonds. The minimum atomic E-state index is 0.721. The molecule has 3 aromatic rings. The number of aromatic nitrogens is 3. The molecule has 4 nitrogen and oxygen atoms in total. The van der Waals surface area contributed by atoms with Crippen molar-refractivity contribution in [3.63, 3.8) is 0 Å². The van der Waals surface area contributed by atoms with Gasteiger partial charge in [0.25, 0.3) is 0 Å². The zero-order valence-electron chi connectivity index (χ0n) is 9.37. The average molecular weight is 225 g/mol. The molecule has 2 aromatic heterocycles. The fourth-order valence-electron chi connectivity index (χ4n) is 1.69. The smallest absolute Gasteiger partial charge is 0.182 e. The monoisotopic (exact) mass is 225 g/mol. The highest BCUT2D eigenvalue weighted by Crippen LogP contribution is 2.19. The van der Waals surface area contributed by atoms with Crippen molar-refractivity contribution >= 4 is 5.65 Å². The number of rotatable bonds is 2. The first-order valence-electron chi connectivity index (χ1n) is 5.33. The van der Waals surface area contributed by atoms with E-state index >= 15 is 0 Å². The number of methoxy groups -OCH3 is 1. The SMILES string of the molecule is COc1ccc(-c2nc3ccccn3n2)cc1. The molecule has 0 aliphatic rings. The highest BCUT2D eigenvalue weighted by molar-refractivity contribution is 5.58. The summed E-state index contributed by atoms with van der Waals surface area (Å²) in [5, 5.41) is 4.40. The summed E-state index contributed by atoms with van der Waals surface area (Å²) in [4.78, 5) is 4.45. The van der Waals surface area contributed by atoms with Gasteiger partial charge in [-0.05, 0) is 36.4 Å². The van der Waals surface area contributed by atoms with Crippen LogP contribution in [0.3, 0.4) is 0 Å². The predicted molar refractivity (Wildman–Crippen MR) is 65.0 cm³/mol. The molecule has 0 saturated carbocycles. The van der Waals surface area contributed by atoms with Gasteiger partial charge in [0, 0.05) is 11.8 Å². The number of hydrogen-bond donors (Lipinski definition) is 0. The van der Waals surface area contributed by atoms with Crippen LogP contribution in [-0.4, -0.2) is 21.7 Å². The minimum absolute atomic E-state index is 0.721. The summed E-state index contributed by atoms with van der Waals surface area (Å²) >= 11 is 0. The second kappa shape index (κ2) is 3.90. The zero-order chi connectivity index (χ0) is 11.7. The standard InChI is InChI=1S/C13H11N3O/c1-17-11-7-5-10(6-8-11)13-14-12-4-2-3-9-16(12)15-13/h2-9H,1H3. The van der Waals surface area contributed by atoms with Crippen LogP contribution in [0.2, 0.25) is 0 Å². The van der Waals surface area contributed by atoms with Crippen molar-refractivity contribution in [3.8, 4) is 17.1 Å². The molecule has 3 rings (SSSR count). The lowest BCUT2D eigenvalue weighted by molar-refractivity contribution is 0.415. The van der Waals surface area contributed by atoms with Gasteiger partial charge >= 0.3 is 0 Å².